The molecular weight excluding hydrogens is 202 g/mol. The molecule has 1 N–H and O–H groups in total. The van der Waals surface area contributed by atoms with Crippen molar-refractivity contribution in [2.75, 3.05) is 40.0 Å². The van der Waals surface area contributed by atoms with Crippen LogP contribution in [0.15, 0.2) is 0 Å². The molecule has 0 fully saturated rings. The first-order valence-electron chi connectivity index (χ1n) is 6.36. The fraction of sp³-hybridized carbons (Fsp3) is 1.00. The molecule has 0 saturated heterocycles. The van der Waals surface area contributed by atoms with Crippen molar-refractivity contribution in [1.29, 1.82) is 0 Å². The van der Waals surface area contributed by atoms with Crippen LogP contribution in [0.4, 0.5) is 0 Å². The highest BCUT2D eigenvalue weighted by molar-refractivity contribution is 4.58. The molecule has 0 atom stereocenters. The molecule has 3 heteroatoms. The summed E-state index contributed by atoms with van der Waals surface area (Å²) in [4.78, 5) is 0. The second kappa shape index (κ2) is 10.1. The minimum atomic E-state index is 0.272. The third-order valence-corrected chi connectivity index (χ3v) is 2.08. The normalized spacial score (nSPS) is 12.0. The summed E-state index contributed by atoms with van der Waals surface area (Å²) in [5.41, 5.74) is 0.272. The molecule has 0 rings (SSSR count). The Labute approximate surface area is 101 Å². The Balaban J connectivity index is 2.99. The third kappa shape index (κ3) is 13.9. The molecule has 0 aliphatic carbocycles. The summed E-state index contributed by atoms with van der Waals surface area (Å²) in [5.74, 6) is 0. The van der Waals surface area contributed by atoms with Crippen LogP contribution >= 0.6 is 0 Å². The Hall–Kier alpha value is -0.120. The Bertz CT molecular complexity index is 143. The number of unbranched alkanes of at least 4 members (excludes halogenated alkanes) is 1. The van der Waals surface area contributed by atoms with Gasteiger partial charge in [-0.05, 0) is 38.3 Å². The molecule has 16 heavy (non-hydrogen) atoms. The number of ether oxygens (including phenoxy) is 2. The van der Waals surface area contributed by atoms with E-state index in [9.17, 15) is 0 Å². The molecule has 0 bridgehead atoms. The molecule has 3 nitrogen and oxygen atoms in total. The van der Waals surface area contributed by atoms with Crippen LogP contribution in [0.3, 0.4) is 0 Å². The fourth-order valence-electron chi connectivity index (χ4n) is 1.25. The van der Waals surface area contributed by atoms with Gasteiger partial charge in [-0.2, -0.15) is 0 Å². The van der Waals surface area contributed by atoms with E-state index >= 15 is 0 Å². The van der Waals surface area contributed by atoms with Crippen molar-refractivity contribution >= 4 is 0 Å². The van der Waals surface area contributed by atoms with E-state index in [4.69, 9.17) is 9.47 Å². The quantitative estimate of drug-likeness (QED) is 0.586. The summed E-state index contributed by atoms with van der Waals surface area (Å²) in [5, 5.41) is 3.13. The Morgan fingerprint density at radius 2 is 1.50 bits per heavy atom. The van der Waals surface area contributed by atoms with Crippen molar-refractivity contribution in [3.05, 3.63) is 0 Å². The van der Waals surface area contributed by atoms with E-state index in [1.165, 1.54) is 6.42 Å². The topological polar surface area (TPSA) is 30.5 Å². The first kappa shape index (κ1) is 15.9. The van der Waals surface area contributed by atoms with Crippen LogP contribution in [-0.2, 0) is 9.47 Å². The van der Waals surface area contributed by atoms with Crippen molar-refractivity contribution in [3.63, 3.8) is 0 Å². The van der Waals surface area contributed by atoms with E-state index in [0.717, 1.165) is 45.8 Å². The van der Waals surface area contributed by atoms with E-state index in [-0.39, 0.29) is 5.41 Å². The minimum Gasteiger partial charge on any atom is -0.381 e. The first-order chi connectivity index (χ1) is 7.56. The van der Waals surface area contributed by atoms with Gasteiger partial charge in [0.05, 0.1) is 6.61 Å². The largest absolute Gasteiger partial charge is 0.381 e. The molecule has 0 amide bonds. The van der Waals surface area contributed by atoms with Crippen molar-refractivity contribution in [3.8, 4) is 0 Å². The van der Waals surface area contributed by atoms with Gasteiger partial charge in [0, 0.05) is 19.8 Å². The van der Waals surface area contributed by atoms with Gasteiger partial charge >= 0.3 is 0 Å². The van der Waals surface area contributed by atoms with Crippen LogP contribution in [0.1, 0.15) is 40.0 Å². The molecule has 0 aromatic carbocycles. The first-order valence-corrected chi connectivity index (χ1v) is 6.36. The Kier molecular flexibility index (Phi) is 9.99. The highest BCUT2D eigenvalue weighted by Gasteiger charge is 2.09. The predicted molar refractivity (Wildman–Crippen MR) is 68.9 cm³/mol. The number of nitrogens with one attached hydrogen (secondary N) is 1. The fourth-order valence-corrected chi connectivity index (χ4v) is 1.25. The van der Waals surface area contributed by atoms with Gasteiger partial charge in [0.1, 0.15) is 0 Å². The van der Waals surface area contributed by atoms with Gasteiger partial charge in [-0.25, -0.2) is 0 Å². The summed E-state index contributed by atoms with van der Waals surface area (Å²) in [6.45, 7) is 11.0. The Morgan fingerprint density at radius 1 is 0.875 bits per heavy atom. The zero-order valence-corrected chi connectivity index (χ0v) is 11.5. The lowest BCUT2D eigenvalue weighted by Gasteiger charge is -2.17. The van der Waals surface area contributed by atoms with Gasteiger partial charge in [0.2, 0.25) is 0 Å². The maximum atomic E-state index is 5.55. The summed E-state index contributed by atoms with van der Waals surface area (Å²) in [6, 6.07) is 0. The molecule has 0 radical (unpaired) electrons. The van der Waals surface area contributed by atoms with Crippen molar-refractivity contribution in [2.24, 2.45) is 5.41 Å². The molecule has 0 aliphatic heterocycles. The zero-order chi connectivity index (χ0) is 12.3. The molecule has 0 saturated carbocycles. The average molecular weight is 231 g/mol. The lowest BCUT2D eigenvalue weighted by atomic mass is 9.99. The maximum Gasteiger partial charge on any atom is 0.0514 e. The molecule has 0 aromatic heterocycles. The molecule has 0 unspecified atom stereocenters. The lowest BCUT2D eigenvalue weighted by molar-refractivity contribution is 0.0478. The molecular formula is C13H29NO2. The molecule has 0 aliphatic rings. The molecule has 0 aromatic rings. The second-order valence-electron chi connectivity index (χ2n) is 5.39. The summed E-state index contributed by atoms with van der Waals surface area (Å²) >= 11 is 0. The van der Waals surface area contributed by atoms with Crippen molar-refractivity contribution in [1.82, 2.24) is 5.32 Å². The summed E-state index contributed by atoms with van der Waals surface area (Å²) in [6.07, 6.45) is 3.34. The van der Waals surface area contributed by atoms with Gasteiger partial charge in [-0.15, -0.1) is 0 Å². The smallest absolute Gasteiger partial charge is 0.0514 e. The molecule has 0 heterocycles. The SMILES string of the molecule is CNCCCCOCCCOCC(C)(C)C. The number of rotatable bonds is 10. The summed E-state index contributed by atoms with van der Waals surface area (Å²) in [7, 11) is 1.98. The van der Waals surface area contributed by atoms with Gasteiger partial charge in [-0.3, -0.25) is 0 Å². The van der Waals surface area contributed by atoms with Crippen molar-refractivity contribution in [2.45, 2.75) is 40.0 Å². The van der Waals surface area contributed by atoms with E-state index in [2.05, 4.69) is 26.1 Å². The van der Waals surface area contributed by atoms with Crippen LogP contribution in [0.25, 0.3) is 0 Å². The van der Waals surface area contributed by atoms with Crippen LogP contribution in [0.5, 0.6) is 0 Å². The minimum absolute atomic E-state index is 0.272. The highest BCUT2D eigenvalue weighted by atomic mass is 16.5. The summed E-state index contributed by atoms with van der Waals surface area (Å²) < 4.78 is 11.1. The molecule has 0 spiro atoms. The van der Waals surface area contributed by atoms with E-state index < -0.39 is 0 Å². The predicted octanol–water partition coefficient (Wildman–Crippen LogP) is 2.46. The van der Waals surface area contributed by atoms with Crippen LogP contribution in [0, 0.1) is 5.41 Å². The second-order valence-corrected chi connectivity index (χ2v) is 5.39. The standard InChI is InChI=1S/C13H29NO2/c1-13(2,3)12-16-11-7-10-15-9-6-5-8-14-4/h14H,5-12H2,1-4H3. The monoisotopic (exact) mass is 231 g/mol. The van der Waals surface area contributed by atoms with Gasteiger partial charge in [-0.1, -0.05) is 20.8 Å². The molecule has 98 valence electrons. The van der Waals surface area contributed by atoms with E-state index in [1.54, 1.807) is 0 Å². The highest BCUT2D eigenvalue weighted by Crippen LogP contribution is 2.12. The Morgan fingerprint density at radius 3 is 2.12 bits per heavy atom. The number of hydrogen-bond acceptors (Lipinski definition) is 3. The average Bonchev–Trinajstić information content (AvgIpc) is 2.19. The van der Waals surface area contributed by atoms with E-state index in [0.29, 0.717) is 0 Å². The van der Waals surface area contributed by atoms with Crippen LogP contribution in [0.2, 0.25) is 0 Å². The van der Waals surface area contributed by atoms with Crippen LogP contribution in [-0.4, -0.2) is 40.0 Å². The van der Waals surface area contributed by atoms with E-state index in [1.807, 2.05) is 7.05 Å². The lowest BCUT2D eigenvalue weighted by Crippen LogP contribution is -2.15. The maximum absolute atomic E-state index is 5.55. The van der Waals surface area contributed by atoms with Gasteiger partial charge in [0.15, 0.2) is 0 Å². The number of hydrogen-bond donors (Lipinski definition) is 1. The zero-order valence-electron chi connectivity index (χ0n) is 11.5. The van der Waals surface area contributed by atoms with Gasteiger partial charge in [0.25, 0.3) is 0 Å². The van der Waals surface area contributed by atoms with Gasteiger partial charge < -0.3 is 14.8 Å². The third-order valence-electron chi connectivity index (χ3n) is 2.08. The van der Waals surface area contributed by atoms with Crippen molar-refractivity contribution < 1.29 is 9.47 Å². The van der Waals surface area contributed by atoms with Crippen LogP contribution < -0.4 is 5.32 Å².